The Kier molecular flexibility index (Phi) is 4.30. The van der Waals surface area contributed by atoms with Crippen molar-refractivity contribution >= 4 is 23.2 Å². The third kappa shape index (κ3) is 3.07. The van der Waals surface area contributed by atoms with Gasteiger partial charge in [0.2, 0.25) is 5.91 Å². The average molecular weight is 356 g/mol. The van der Waals surface area contributed by atoms with Crippen molar-refractivity contribution in [3.05, 3.63) is 64.2 Å². The lowest BCUT2D eigenvalue weighted by atomic mass is 9.89. The van der Waals surface area contributed by atoms with E-state index in [1.54, 1.807) is 4.90 Å². The topological polar surface area (TPSA) is 24.8 Å². The van der Waals surface area contributed by atoms with Gasteiger partial charge in [-0.15, -0.1) is 0 Å². The highest BCUT2D eigenvalue weighted by atomic mass is 35.5. The van der Waals surface area contributed by atoms with E-state index in [2.05, 4.69) is 37.1 Å². The molecule has 4 heteroatoms. The maximum absolute atomic E-state index is 13.2. The minimum Gasteiger partial charge on any atom is -0.337 e. The summed E-state index contributed by atoms with van der Waals surface area (Å²) in [7, 11) is 2.25. The minimum atomic E-state index is 0.194. The molecule has 0 bridgehead atoms. The molecule has 1 N–H and O–H groups in total. The number of rotatable bonds is 2. The van der Waals surface area contributed by atoms with E-state index in [1.165, 1.54) is 11.1 Å². The molecular formula is C21H24ClN2O+. The number of quaternary nitrogens is 1. The number of amides is 1. The predicted octanol–water partition coefficient (Wildman–Crippen LogP) is 2.61. The van der Waals surface area contributed by atoms with Crippen LogP contribution in [-0.2, 0) is 11.2 Å². The second-order valence-corrected chi connectivity index (χ2v) is 7.94. The SMILES string of the molecule is Cc1ccc2c(c1)[C@@H]1C[NH+](C)CC[C@@H]1N2C(=O)Cc1ccc(Cl)cc1. The number of nitrogens with zero attached hydrogens (tertiary/aromatic N) is 1. The first-order valence-corrected chi connectivity index (χ1v) is 9.39. The molecule has 25 heavy (non-hydrogen) atoms. The Labute approximate surface area is 154 Å². The standard InChI is InChI=1S/C21H23ClN2O/c1-14-3-8-19-17(11-14)18-13-23(2)10-9-20(18)24(19)21(25)12-15-4-6-16(22)7-5-15/h3-8,11,18,20H,9-10,12-13H2,1-2H3/p+1/t18-,20-/m0/s1. The molecule has 2 aromatic carbocycles. The Bertz CT molecular complexity index is 802. The predicted molar refractivity (Wildman–Crippen MR) is 102 cm³/mol. The summed E-state index contributed by atoms with van der Waals surface area (Å²) in [5.74, 6) is 0.650. The van der Waals surface area contributed by atoms with E-state index in [-0.39, 0.29) is 5.91 Å². The van der Waals surface area contributed by atoms with Crippen molar-refractivity contribution in [1.29, 1.82) is 0 Å². The van der Waals surface area contributed by atoms with Crippen molar-refractivity contribution in [3.63, 3.8) is 0 Å². The first-order valence-electron chi connectivity index (χ1n) is 9.01. The van der Waals surface area contributed by atoms with Crippen LogP contribution in [-0.4, -0.2) is 32.1 Å². The van der Waals surface area contributed by atoms with Crippen LogP contribution in [0, 0.1) is 6.92 Å². The van der Waals surface area contributed by atoms with Gasteiger partial charge in [-0.25, -0.2) is 0 Å². The first kappa shape index (κ1) is 16.6. The van der Waals surface area contributed by atoms with Crippen LogP contribution in [0.3, 0.4) is 0 Å². The maximum atomic E-state index is 13.2. The molecule has 0 aliphatic carbocycles. The lowest BCUT2D eigenvalue weighted by molar-refractivity contribution is -0.886. The zero-order valence-electron chi connectivity index (χ0n) is 14.8. The fourth-order valence-electron chi connectivity index (χ4n) is 4.39. The second-order valence-electron chi connectivity index (χ2n) is 7.50. The Morgan fingerprint density at radius 1 is 1.24 bits per heavy atom. The molecule has 0 saturated carbocycles. The highest BCUT2D eigenvalue weighted by molar-refractivity contribution is 6.30. The molecule has 1 amide bonds. The molecule has 1 saturated heterocycles. The molecule has 0 aromatic heterocycles. The molecular weight excluding hydrogens is 332 g/mol. The van der Waals surface area contributed by atoms with Gasteiger partial charge in [-0.1, -0.05) is 41.4 Å². The van der Waals surface area contributed by atoms with Crippen LogP contribution in [0.25, 0.3) is 0 Å². The molecule has 2 aromatic rings. The number of hydrogen-bond donors (Lipinski definition) is 1. The van der Waals surface area contributed by atoms with E-state index in [9.17, 15) is 4.79 Å². The van der Waals surface area contributed by atoms with Crippen LogP contribution >= 0.6 is 11.6 Å². The van der Waals surface area contributed by atoms with Gasteiger partial charge in [-0.05, 0) is 36.2 Å². The largest absolute Gasteiger partial charge is 0.337 e. The van der Waals surface area contributed by atoms with Gasteiger partial charge in [-0.2, -0.15) is 0 Å². The van der Waals surface area contributed by atoms with Gasteiger partial charge in [-0.3, -0.25) is 4.79 Å². The third-order valence-electron chi connectivity index (χ3n) is 5.61. The molecule has 2 aliphatic rings. The summed E-state index contributed by atoms with van der Waals surface area (Å²) in [6.07, 6.45) is 1.49. The van der Waals surface area contributed by atoms with Gasteiger partial charge in [0.25, 0.3) is 0 Å². The smallest absolute Gasteiger partial charge is 0.231 e. The normalized spacial score (nSPS) is 24.8. The number of benzene rings is 2. The Morgan fingerprint density at radius 3 is 2.76 bits per heavy atom. The number of hydrogen-bond acceptors (Lipinski definition) is 1. The van der Waals surface area contributed by atoms with Gasteiger partial charge in [0.15, 0.2) is 0 Å². The molecule has 0 spiro atoms. The van der Waals surface area contributed by atoms with Crippen molar-refractivity contribution in [3.8, 4) is 0 Å². The number of halogens is 1. The van der Waals surface area contributed by atoms with E-state index >= 15 is 0 Å². The number of carbonyl (C=O) groups is 1. The lowest BCUT2D eigenvalue weighted by Crippen LogP contribution is -3.11. The number of likely N-dealkylation sites (tertiary alicyclic amines) is 1. The van der Waals surface area contributed by atoms with Gasteiger partial charge in [0, 0.05) is 17.1 Å². The van der Waals surface area contributed by atoms with Crippen molar-refractivity contribution < 1.29 is 9.69 Å². The number of carbonyl (C=O) groups excluding carboxylic acids is 1. The summed E-state index contributed by atoms with van der Waals surface area (Å²) in [5.41, 5.74) is 4.76. The molecule has 0 radical (unpaired) electrons. The number of likely N-dealkylation sites (N-methyl/N-ethyl adjacent to an activating group) is 1. The summed E-state index contributed by atoms with van der Waals surface area (Å²) in [6, 6.07) is 14.4. The molecule has 3 nitrogen and oxygen atoms in total. The summed E-state index contributed by atoms with van der Waals surface area (Å²) in [4.78, 5) is 16.8. The molecule has 2 heterocycles. The van der Waals surface area contributed by atoms with Gasteiger partial charge >= 0.3 is 0 Å². The maximum Gasteiger partial charge on any atom is 0.231 e. The van der Waals surface area contributed by atoms with Gasteiger partial charge < -0.3 is 9.80 Å². The average Bonchev–Trinajstić information content (AvgIpc) is 2.90. The van der Waals surface area contributed by atoms with Gasteiger partial charge in [0.05, 0.1) is 38.5 Å². The number of fused-ring (bicyclic) bond motifs is 3. The van der Waals surface area contributed by atoms with E-state index in [0.29, 0.717) is 23.4 Å². The number of anilines is 1. The minimum absolute atomic E-state index is 0.194. The quantitative estimate of drug-likeness (QED) is 0.880. The summed E-state index contributed by atoms with van der Waals surface area (Å²) in [6.45, 7) is 4.36. The van der Waals surface area contributed by atoms with Crippen molar-refractivity contribution in [2.75, 3.05) is 25.0 Å². The van der Waals surface area contributed by atoms with E-state index < -0.39 is 0 Å². The fraction of sp³-hybridized carbons (Fsp3) is 0.381. The molecule has 4 rings (SSSR count). The van der Waals surface area contributed by atoms with Gasteiger partial charge in [0.1, 0.15) is 0 Å². The van der Waals surface area contributed by atoms with E-state index in [0.717, 1.165) is 30.8 Å². The van der Waals surface area contributed by atoms with Crippen molar-refractivity contribution in [1.82, 2.24) is 0 Å². The molecule has 130 valence electrons. The van der Waals surface area contributed by atoms with Crippen molar-refractivity contribution in [2.45, 2.75) is 31.7 Å². The monoisotopic (exact) mass is 355 g/mol. The summed E-state index contributed by atoms with van der Waals surface area (Å²) < 4.78 is 0. The third-order valence-corrected chi connectivity index (χ3v) is 5.86. The van der Waals surface area contributed by atoms with Crippen LogP contribution in [0.4, 0.5) is 5.69 Å². The zero-order chi connectivity index (χ0) is 17.6. The number of piperidine rings is 1. The van der Waals surface area contributed by atoms with Crippen LogP contribution in [0.15, 0.2) is 42.5 Å². The van der Waals surface area contributed by atoms with Crippen LogP contribution in [0.2, 0.25) is 5.02 Å². The summed E-state index contributed by atoms with van der Waals surface area (Å²) in [5, 5.41) is 0.705. The molecule has 2 aliphatic heterocycles. The van der Waals surface area contributed by atoms with Crippen LogP contribution in [0.1, 0.15) is 29.0 Å². The fourth-order valence-corrected chi connectivity index (χ4v) is 4.51. The zero-order valence-corrected chi connectivity index (χ0v) is 15.5. The van der Waals surface area contributed by atoms with Crippen molar-refractivity contribution in [2.24, 2.45) is 0 Å². The Morgan fingerprint density at radius 2 is 2.00 bits per heavy atom. The number of aryl methyl sites for hydroxylation is 1. The molecule has 1 unspecified atom stereocenters. The summed E-state index contributed by atoms with van der Waals surface area (Å²) >= 11 is 5.96. The van der Waals surface area contributed by atoms with E-state index in [4.69, 9.17) is 11.6 Å². The van der Waals surface area contributed by atoms with E-state index in [1.807, 2.05) is 24.3 Å². The molecule has 3 atom stereocenters. The Hall–Kier alpha value is -1.84. The highest BCUT2D eigenvalue weighted by Gasteiger charge is 2.45. The Balaban J connectivity index is 1.66. The highest BCUT2D eigenvalue weighted by Crippen LogP contribution is 2.43. The first-order chi connectivity index (χ1) is 12.0. The van der Waals surface area contributed by atoms with Crippen LogP contribution in [0.5, 0.6) is 0 Å². The van der Waals surface area contributed by atoms with Crippen LogP contribution < -0.4 is 9.80 Å². The second kappa shape index (κ2) is 6.47. The molecule has 1 fully saturated rings. The number of nitrogens with one attached hydrogen (secondary N) is 1. The lowest BCUT2D eigenvalue weighted by Gasteiger charge is -2.34.